The zero-order chi connectivity index (χ0) is 8.32. The minimum absolute atomic E-state index is 0.141. The Kier molecular flexibility index (Phi) is 2.46. The van der Waals surface area contributed by atoms with E-state index in [4.69, 9.17) is 14.6 Å². The highest BCUT2D eigenvalue weighted by molar-refractivity contribution is 5.78. The maximum atomic E-state index is 10.7. The smallest absolute Gasteiger partial charge is 0.338 e. The molecule has 4 nitrogen and oxygen atoms in total. The fourth-order valence-electron chi connectivity index (χ4n) is 1.27. The van der Waals surface area contributed by atoms with Crippen LogP contribution in [0, 0.1) is 0 Å². The third-order valence-electron chi connectivity index (χ3n) is 1.87. The molecular weight excluding hydrogens is 148 g/mol. The van der Waals surface area contributed by atoms with Crippen molar-refractivity contribution in [3.05, 3.63) is 0 Å². The summed E-state index contributed by atoms with van der Waals surface area (Å²) in [7, 11) is 1.48. The molecule has 0 unspecified atom stereocenters. The maximum absolute atomic E-state index is 10.7. The van der Waals surface area contributed by atoms with Crippen molar-refractivity contribution >= 4 is 5.97 Å². The van der Waals surface area contributed by atoms with E-state index in [9.17, 15) is 4.79 Å². The van der Waals surface area contributed by atoms with Gasteiger partial charge < -0.3 is 14.6 Å². The Morgan fingerprint density at radius 3 is 2.91 bits per heavy atom. The minimum atomic E-state index is -1.06. The van der Waals surface area contributed by atoms with E-state index in [2.05, 4.69) is 0 Å². The number of hydrogen-bond donors (Lipinski definition) is 1. The summed E-state index contributed by atoms with van der Waals surface area (Å²) in [6.07, 6.45) is 1.35. The molecule has 1 aliphatic heterocycles. The molecule has 4 heteroatoms. The second-order valence-electron chi connectivity index (χ2n) is 2.68. The van der Waals surface area contributed by atoms with Gasteiger partial charge in [-0.05, 0) is 12.8 Å². The van der Waals surface area contributed by atoms with Gasteiger partial charge in [0.05, 0.1) is 6.61 Å². The lowest BCUT2D eigenvalue weighted by Gasteiger charge is -2.21. The Morgan fingerprint density at radius 2 is 2.55 bits per heavy atom. The van der Waals surface area contributed by atoms with E-state index in [1.807, 2.05) is 0 Å². The number of ether oxygens (including phenoxy) is 2. The Hall–Kier alpha value is -0.610. The second kappa shape index (κ2) is 3.19. The molecule has 1 saturated heterocycles. The minimum Gasteiger partial charge on any atom is -0.479 e. The summed E-state index contributed by atoms with van der Waals surface area (Å²) in [4.78, 5) is 10.7. The topological polar surface area (TPSA) is 55.8 Å². The van der Waals surface area contributed by atoms with Crippen LogP contribution in [0.25, 0.3) is 0 Å². The third-order valence-corrected chi connectivity index (χ3v) is 1.87. The first-order chi connectivity index (χ1) is 5.21. The monoisotopic (exact) mass is 160 g/mol. The van der Waals surface area contributed by atoms with Crippen LogP contribution in [0.5, 0.6) is 0 Å². The lowest BCUT2D eigenvalue weighted by atomic mass is 10.0. The summed E-state index contributed by atoms with van der Waals surface area (Å²) in [6.45, 7) is 0.665. The van der Waals surface area contributed by atoms with E-state index in [-0.39, 0.29) is 6.61 Å². The van der Waals surface area contributed by atoms with Crippen molar-refractivity contribution in [1.29, 1.82) is 0 Å². The molecule has 1 atom stereocenters. The number of carboxylic acids is 1. The van der Waals surface area contributed by atoms with E-state index < -0.39 is 11.6 Å². The molecule has 0 amide bonds. The fraction of sp³-hybridized carbons (Fsp3) is 0.857. The number of rotatable bonds is 3. The SMILES string of the molecule is COC[C@@]1(C(=O)O)CCCO1. The molecule has 0 bridgehead atoms. The first-order valence-corrected chi connectivity index (χ1v) is 3.57. The van der Waals surface area contributed by atoms with Crippen molar-refractivity contribution < 1.29 is 19.4 Å². The van der Waals surface area contributed by atoms with Crippen LogP contribution in [0.4, 0.5) is 0 Å². The summed E-state index contributed by atoms with van der Waals surface area (Å²) in [5, 5.41) is 8.79. The van der Waals surface area contributed by atoms with Gasteiger partial charge in [-0.1, -0.05) is 0 Å². The average molecular weight is 160 g/mol. The molecule has 1 fully saturated rings. The molecule has 0 saturated carbocycles. The van der Waals surface area contributed by atoms with E-state index in [0.717, 1.165) is 6.42 Å². The van der Waals surface area contributed by atoms with Crippen molar-refractivity contribution in [3.8, 4) is 0 Å². The second-order valence-corrected chi connectivity index (χ2v) is 2.68. The van der Waals surface area contributed by atoms with Crippen LogP contribution in [0.1, 0.15) is 12.8 Å². The zero-order valence-corrected chi connectivity index (χ0v) is 6.50. The van der Waals surface area contributed by atoms with Crippen molar-refractivity contribution in [2.45, 2.75) is 18.4 Å². The quantitative estimate of drug-likeness (QED) is 0.643. The summed E-state index contributed by atoms with van der Waals surface area (Å²) in [5.74, 6) is -0.920. The summed E-state index contributed by atoms with van der Waals surface area (Å²) < 4.78 is 9.90. The Balaban J connectivity index is 2.62. The predicted molar refractivity (Wildman–Crippen MR) is 37.4 cm³/mol. The van der Waals surface area contributed by atoms with Crippen molar-refractivity contribution in [2.24, 2.45) is 0 Å². The molecule has 1 heterocycles. The van der Waals surface area contributed by atoms with Crippen molar-refractivity contribution in [2.75, 3.05) is 20.3 Å². The molecule has 1 aliphatic rings. The highest BCUT2D eigenvalue weighted by Crippen LogP contribution is 2.25. The highest BCUT2D eigenvalue weighted by Gasteiger charge is 2.42. The molecule has 64 valence electrons. The zero-order valence-electron chi connectivity index (χ0n) is 6.50. The molecular formula is C7H12O4. The molecule has 0 aliphatic carbocycles. The Bertz CT molecular complexity index is 149. The third kappa shape index (κ3) is 1.52. The Morgan fingerprint density at radius 1 is 1.82 bits per heavy atom. The number of hydrogen-bond acceptors (Lipinski definition) is 3. The first-order valence-electron chi connectivity index (χ1n) is 3.57. The number of aliphatic carboxylic acids is 1. The van der Waals surface area contributed by atoms with Gasteiger partial charge in [0.2, 0.25) is 0 Å². The predicted octanol–water partition coefficient (Wildman–Crippen LogP) is 0.267. The van der Waals surface area contributed by atoms with Gasteiger partial charge in [0, 0.05) is 13.7 Å². The largest absolute Gasteiger partial charge is 0.479 e. The average Bonchev–Trinajstić information content (AvgIpc) is 2.38. The van der Waals surface area contributed by atoms with Gasteiger partial charge in [0.15, 0.2) is 5.60 Å². The van der Waals surface area contributed by atoms with Crippen LogP contribution >= 0.6 is 0 Å². The fourth-order valence-corrected chi connectivity index (χ4v) is 1.27. The van der Waals surface area contributed by atoms with Crippen LogP contribution in [0.15, 0.2) is 0 Å². The van der Waals surface area contributed by atoms with Crippen LogP contribution in [0.2, 0.25) is 0 Å². The van der Waals surface area contributed by atoms with Crippen molar-refractivity contribution in [1.82, 2.24) is 0 Å². The standard InChI is InChI=1S/C7H12O4/c1-10-5-7(6(8)9)3-2-4-11-7/h2-5H2,1H3,(H,8,9)/t7-/m1/s1. The molecule has 1 N–H and O–H groups in total. The maximum Gasteiger partial charge on any atom is 0.338 e. The van der Waals surface area contributed by atoms with Crippen LogP contribution in [-0.2, 0) is 14.3 Å². The van der Waals surface area contributed by atoms with Gasteiger partial charge in [0.25, 0.3) is 0 Å². The molecule has 0 aromatic carbocycles. The molecule has 0 aromatic heterocycles. The number of methoxy groups -OCH3 is 1. The molecule has 0 spiro atoms. The van der Waals surface area contributed by atoms with Gasteiger partial charge in [-0.2, -0.15) is 0 Å². The van der Waals surface area contributed by atoms with Crippen LogP contribution in [0.3, 0.4) is 0 Å². The normalized spacial score (nSPS) is 30.6. The van der Waals surface area contributed by atoms with E-state index in [1.54, 1.807) is 0 Å². The molecule has 11 heavy (non-hydrogen) atoms. The van der Waals surface area contributed by atoms with Gasteiger partial charge >= 0.3 is 5.97 Å². The van der Waals surface area contributed by atoms with Crippen molar-refractivity contribution in [3.63, 3.8) is 0 Å². The summed E-state index contributed by atoms with van der Waals surface area (Å²) >= 11 is 0. The lowest BCUT2D eigenvalue weighted by molar-refractivity contribution is -0.165. The van der Waals surface area contributed by atoms with Gasteiger partial charge in [0.1, 0.15) is 0 Å². The van der Waals surface area contributed by atoms with E-state index >= 15 is 0 Å². The van der Waals surface area contributed by atoms with E-state index in [0.29, 0.717) is 13.0 Å². The molecule has 0 aromatic rings. The highest BCUT2D eigenvalue weighted by atomic mass is 16.6. The number of carbonyl (C=O) groups is 1. The molecule has 0 radical (unpaired) electrons. The van der Waals surface area contributed by atoms with Crippen LogP contribution < -0.4 is 0 Å². The summed E-state index contributed by atoms with van der Waals surface area (Å²) in [6, 6.07) is 0. The Labute approximate surface area is 65.1 Å². The number of carboxylic acid groups (broad SMARTS) is 1. The van der Waals surface area contributed by atoms with Crippen LogP contribution in [-0.4, -0.2) is 37.0 Å². The first kappa shape index (κ1) is 8.49. The van der Waals surface area contributed by atoms with Gasteiger partial charge in [-0.3, -0.25) is 0 Å². The lowest BCUT2D eigenvalue weighted by Crippen LogP contribution is -2.42. The van der Waals surface area contributed by atoms with Gasteiger partial charge in [-0.25, -0.2) is 4.79 Å². The molecule has 1 rings (SSSR count). The van der Waals surface area contributed by atoms with E-state index in [1.165, 1.54) is 7.11 Å². The summed E-state index contributed by atoms with van der Waals surface area (Å²) in [5.41, 5.74) is -1.06. The van der Waals surface area contributed by atoms with Gasteiger partial charge in [-0.15, -0.1) is 0 Å².